The molecule has 0 saturated heterocycles. The minimum Gasteiger partial charge on any atom is -0.366 e. The third-order valence-electron chi connectivity index (χ3n) is 2.99. The molecule has 6 heteroatoms. The number of benzene rings is 2. The molecule has 0 atom stereocenters. The normalized spacial score (nSPS) is 10.9. The minimum atomic E-state index is -0.505. The smallest absolute Gasteiger partial charge is 0.248 e. The second-order valence-electron chi connectivity index (χ2n) is 4.28. The standard InChI is InChI=1S/C14H9BrFN3O/c15-13-11-6-1-8(14(17)20)7-12(11)19(18-13)10-4-2-9(16)3-5-10/h1-7H,(H2,17,20). The van der Waals surface area contributed by atoms with Crippen molar-refractivity contribution < 1.29 is 9.18 Å². The number of primary amides is 1. The predicted octanol–water partition coefficient (Wildman–Crippen LogP) is 3.03. The van der Waals surface area contributed by atoms with Crippen LogP contribution in [0.5, 0.6) is 0 Å². The Morgan fingerprint density at radius 1 is 1.20 bits per heavy atom. The molecular weight excluding hydrogens is 325 g/mol. The first-order valence-corrected chi connectivity index (χ1v) is 6.59. The van der Waals surface area contributed by atoms with E-state index in [0.29, 0.717) is 15.9 Å². The molecule has 3 rings (SSSR count). The lowest BCUT2D eigenvalue weighted by molar-refractivity contribution is 0.100. The van der Waals surface area contributed by atoms with Crippen LogP contribution in [0.2, 0.25) is 0 Å². The van der Waals surface area contributed by atoms with E-state index < -0.39 is 5.91 Å². The summed E-state index contributed by atoms with van der Waals surface area (Å²) in [6.45, 7) is 0. The number of hydrogen-bond acceptors (Lipinski definition) is 2. The van der Waals surface area contributed by atoms with Crippen molar-refractivity contribution in [2.45, 2.75) is 0 Å². The molecule has 0 aliphatic carbocycles. The third kappa shape index (κ3) is 2.08. The second kappa shape index (κ2) is 4.72. The summed E-state index contributed by atoms with van der Waals surface area (Å²) in [5.41, 5.74) is 7.11. The molecule has 20 heavy (non-hydrogen) atoms. The Morgan fingerprint density at radius 3 is 2.55 bits per heavy atom. The molecule has 0 fully saturated rings. The fourth-order valence-corrected chi connectivity index (χ4v) is 2.50. The molecule has 0 aliphatic rings. The van der Waals surface area contributed by atoms with Gasteiger partial charge in [0.05, 0.1) is 11.2 Å². The Balaban J connectivity index is 2.27. The first-order chi connectivity index (χ1) is 9.56. The van der Waals surface area contributed by atoms with Gasteiger partial charge in [-0.05, 0) is 58.4 Å². The van der Waals surface area contributed by atoms with Crippen molar-refractivity contribution in [1.82, 2.24) is 9.78 Å². The van der Waals surface area contributed by atoms with Crippen LogP contribution in [0.1, 0.15) is 10.4 Å². The van der Waals surface area contributed by atoms with Gasteiger partial charge in [-0.2, -0.15) is 5.10 Å². The first-order valence-electron chi connectivity index (χ1n) is 5.80. The monoisotopic (exact) mass is 333 g/mol. The lowest BCUT2D eigenvalue weighted by Gasteiger charge is -2.04. The van der Waals surface area contributed by atoms with Gasteiger partial charge in [-0.1, -0.05) is 0 Å². The number of amides is 1. The van der Waals surface area contributed by atoms with Crippen molar-refractivity contribution in [3.63, 3.8) is 0 Å². The summed E-state index contributed by atoms with van der Waals surface area (Å²) in [5.74, 6) is -0.822. The van der Waals surface area contributed by atoms with Gasteiger partial charge in [-0.3, -0.25) is 4.79 Å². The Labute approximate surface area is 122 Å². The van der Waals surface area contributed by atoms with E-state index in [1.807, 2.05) is 0 Å². The van der Waals surface area contributed by atoms with E-state index in [0.717, 1.165) is 10.9 Å². The molecule has 0 bridgehead atoms. The second-order valence-corrected chi connectivity index (χ2v) is 5.03. The lowest BCUT2D eigenvalue weighted by atomic mass is 10.1. The number of carbonyl (C=O) groups is 1. The van der Waals surface area contributed by atoms with Gasteiger partial charge in [0.1, 0.15) is 10.4 Å². The predicted molar refractivity (Wildman–Crippen MR) is 77.2 cm³/mol. The number of rotatable bonds is 2. The number of aromatic nitrogens is 2. The SMILES string of the molecule is NC(=O)c1ccc2c(Br)nn(-c3ccc(F)cc3)c2c1. The van der Waals surface area contributed by atoms with E-state index in [2.05, 4.69) is 21.0 Å². The third-order valence-corrected chi connectivity index (χ3v) is 3.58. The van der Waals surface area contributed by atoms with Gasteiger partial charge in [-0.25, -0.2) is 9.07 Å². The molecule has 2 N–H and O–H groups in total. The van der Waals surface area contributed by atoms with E-state index in [9.17, 15) is 9.18 Å². The van der Waals surface area contributed by atoms with Crippen LogP contribution in [0.3, 0.4) is 0 Å². The summed E-state index contributed by atoms with van der Waals surface area (Å²) in [6, 6.07) is 11.0. The van der Waals surface area contributed by atoms with Gasteiger partial charge >= 0.3 is 0 Å². The van der Waals surface area contributed by atoms with Crippen LogP contribution >= 0.6 is 15.9 Å². The number of halogens is 2. The molecule has 4 nitrogen and oxygen atoms in total. The zero-order valence-corrected chi connectivity index (χ0v) is 11.8. The van der Waals surface area contributed by atoms with Crippen molar-refractivity contribution in [3.8, 4) is 5.69 Å². The summed E-state index contributed by atoms with van der Waals surface area (Å²) < 4.78 is 15.3. The summed E-state index contributed by atoms with van der Waals surface area (Å²) in [7, 11) is 0. The highest BCUT2D eigenvalue weighted by molar-refractivity contribution is 9.10. The summed E-state index contributed by atoms with van der Waals surface area (Å²) in [4.78, 5) is 11.3. The Kier molecular flexibility index (Phi) is 3.02. The van der Waals surface area contributed by atoms with Gasteiger partial charge in [0, 0.05) is 10.9 Å². The highest BCUT2D eigenvalue weighted by atomic mass is 79.9. The van der Waals surface area contributed by atoms with Gasteiger partial charge in [0.2, 0.25) is 5.91 Å². The largest absolute Gasteiger partial charge is 0.366 e. The molecule has 3 aromatic rings. The number of nitrogens with two attached hydrogens (primary N) is 1. The van der Waals surface area contributed by atoms with Gasteiger partial charge in [0.25, 0.3) is 0 Å². The van der Waals surface area contributed by atoms with E-state index in [1.165, 1.54) is 12.1 Å². The topological polar surface area (TPSA) is 60.9 Å². The molecule has 1 amide bonds. The van der Waals surface area contributed by atoms with Crippen LogP contribution in [0.15, 0.2) is 47.1 Å². The first kappa shape index (κ1) is 12.8. The van der Waals surface area contributed by atoms with E-state index in [-0.39, 0.29) is 5.82 Å². The molecule has 0 unspecified atom stereocenters. The van der Waals surface area contributed by atoms with E-state index in [4.69, 9.17) is 5.73 Å². The van der Waals surface area contributed by atoms with Gasteiger partial charge in [0.15, 0.2) is 0 Å². The zero-order chi connectivity index (χ0) is 14.3. The number of fused-ring (bicyclic) bond motifs is 1. The van der Waals surface area contributed by atoms with Crippen LogP contribution < -0.4 is 5.73 Å². The van der Waals surface area contributed by atoms with Crippen molar-refractivity contribution in [2.75, 3.05) is 0 Å². The molecule has 100 valence electrons. The maximum Gasteiger partial charge on any atom is 0.248 e. The van der Waals surface area contributed by atoms with Gasteiger partial charge in [-0.15, -0.1) is 0 Å². The fourth-order valence-electron chi connectivity index (χ4n) is 2.01. The lowest BCUT2D eigenvalue weighted by Crippen LogP contribution is -2.10. The summed E-state index contributed by atoms with van der Waals surface area (Å²) >= 11 is 3.37. The van der Waals surface area contributed by atoms with Crippen LogP contribution in [-0.2, 0) is 0 Å². The highest BCUT2D eigenvalue weighted by Crippen LogP contribution is 2.26. The van der Waals surface area contributed by atoms with Crippen LogP contribution in [0, 0.1) is 5.82 Å². The number of carbonyl (C=O) groups excluding carboxylic acids is 1. The number of nitrogens with zero attached hydrogens (tertiary/aromatic N) is 2. The van der Waals surface area contributed by atoms with E-state index >= 15 is 0 Å². The molecule has 0 saturated carbocycles. The number of hydrogen-bond donors (Lipinski definition) is 1. The van der Waals surface area contributed by atoms with Crippen LogP contribution in [-0.4, -0.2) is 15.7 Å². The molecule has 0 spiro atoms. The van der Waals surface area contributed by atoms with Crippen LogP contribution in [0.4, 0.5) is 4.39 Å². The van der Waals surface area contributed by atoms with Crippen molar-refractivity contribution in [1.29, 1.82) is 0 Å². The highest BCUT2D eigenvalue weighted by Gasteiger charge is 2.12. The molecule has 1 heterocycles. The van der Waals surface area contributed by atoms with Crippen molar-refractivity contribution in [2.24, 2.45) is 5.73 Å². The maximum absolute atomic E-state index is 13.0. The van der Waals surface area contributed by atoms with Gasteiger partial charge < -0.3 is 5.73 Å². The summed E-state index contributed by atoms with van der Waals surface area (Å²) in [6.07, 6.45) is 0. The minimum absolute atomic E-state index is 0.317. The molecule has 0 aliphatic heterocycles. The Morgan fingerprint density at radius 2 is 1.90 bits per heavy atom. The Hall–Kier alpha value is -2.21. The zero-order valence-electron chi connectivity index (χ0n) is 10.2. The average Bonchev–Trinajstić information content (AvgIpc) is 2.76. The average molecular weight is 334 g/mol. The Bertz CT molecular complexity index is 811. The van der Waals surface area contributed by atoms with Crippen molar-refractivity contribution in [3.05, 3.63) is 58.4 Å². The molecule has 0 radical (unpaired) electrons. The molecular formula is C14H9BrFN3O. The molecule has 2 aromatic carbocycles. The quantitative estimate of drug-likeness (QED) is 0.783. The fraction of sp³-hybridized carbons (Fsp3) is 0. The van der Waals surface area contributed by atoms with Crippen molar-refractivity contribution >= 4 is 32.7 Å². The molecule has 1 aromatic heterocycles. The van der Waals surface area contributed by atoms with E-state index in [1.54, 1.807) is 35.0 Å². The van der Waals surface area contributed by atoms with Crippen LogP contribution in [0.25, 0.3) is 16.6 Å². The maximum atomic E-state index is 13.0. The summed E-state index contributed by atoms with van der Waals surface area (Å²) in [5, 5.41) is 5.20.